The minimum Gasteiger partial charge on any atom is -0.453 e. The molecule has 2 aromatic rings. The standard InChI is InChI=1S/C14H13NO.HOP/c1-9-3-5-13-11(7-9)15-12-8-10(2)4-6-14(12)16-13;1-2/h3-8,15H,1-2H3;2H. The third kappa shape index (κ3) is 2.36. The van der Waals surface area contributed by atoms with Crippen LogP contribution in [0.2, 0.25) is 0 Å². The van der Waals surface area contributed by atoms with Crippen molar-refractivity contribution >= 4 is 20.5 Å². The molecular weight excluding hydrogens is 245 g/mol. The van der Waals surface area contributed by atoms with E-state index in [9.17, 15) is 0 Å². The molecule has 18 heavy (non-hydrogen) atoms. The van der Waals surface area contributed by atoms with Gasteiger partial charge in [0.2, 0.25) is 0 Å². The molecule has 0 radical (unpaired) electrons. The van der Waals surface area contributed by atoms with Crippen molar-refractivity contribution in [1.82, 2.24) is 0 Å². The molecular formula is C14H14NO2P. The van der Waals surface area contributed by atoms with Crippen molar-refractivity contribution in [2.45, 2.75) is 13.8 Å². The molecule has 2 aromatic carbocycles. The molecule has 0 aromatic heterocycles. The maximum atomic E-state index is 8.06. The van der Waals surface area contributed by atoms with Crippen molar-refractivity contribution in [3.05, 3.63) is 47.5 Å². The van der Waals surface area contributed by atoms with Gasteiger partial charge in [-0.15, -0.1) is 0 Å². The number of nitrogens with one attached hydrogen (secondary N) is 1. The Bertz CT molecular complexity index is 535. The van der Waals surface area contributed by atoms with Crippen LogP contribution in [-0.4, -0.2) is 0 Å². The fourth-order valence-corrected chi connectivity index (χ4v) is 1.92. The van der Waals surface area contributed by atoms with Gasteiger partial charge in [-0.3, -0.25) is 4.57 Å². The summed E-state index contributed by atoms with van der Waals surface area (Å²) >= 11 is 0. The fraction of sp³-hybridized carbons (Fsp3) is 0.143. The Morgan fingerprint density at radius 1 is 0.889 bits per heavy atom. The van der Waals surface area contributed by atoms with E-state index < -0.39 is 0 Å². The van der Waals surface area contributed by atoms with Crippen LogP contribution in [0.5, 0.6) is 11.5 Å². The largest absolute Gasteiger partial charge is 0.453 e. The van der Waals surface area contributed by atoms with Crippen LogP contribution in [0, 0.1) is 13.8 Å². The number of rotatable bonds is 0. The molecule has 0 amide bonds. The highest BCUT2D eigenvalue weighted by Gasteiger charge is 2.15. The summed E-state index contributed by atoms with van der Waals surface area (Å²) in [5.74, 6) is 1.78. The molecule has 1 aliphatic heterocycles. The molecule has 0 unspecified atom stereocenters. The second kappa shape index (κ2) is 5.19. The molecule has 0 spiro atoms. The highest BCUT2D eigenvalue weighted by atomic mass is 31.0. The molecule has 0 saturated heterocycles. The number of fused-ring (bicyclic) bond motifs is 2. The average Bonchev–Trinajstić information content (AvgIpc) is 2.38. The van der Waals surface area contributed by atoms with Crippen molar-refractivity contribution in [3.63, 3.8) is 0 Å². The molecule has 1 aliphatic rings. The summed E-state index contributed by atoms with van der Waals surface area (Å²) < 4.78 is 13.9. The molecule has 0 atom stereocenters. The van der Waals surface area contributed by atoms with Gasteiger partial charge in [-0.25, -0.2) is 0 Å². The average molecular weight is 259 g/mol. The lowest BCUT2D eigenvalue weighted by Gasteiger charge is -2.22. The van der Waals surface area contributed by atoms with E-state index in [4.69, 9.17) is 9.30 Å². The summed E-state index contributed by atoms with van der Waals surface area (Å²) in [5.41, 5.74) is 4.54. The molecule has 0 aliphatic carbocycles. The molecule has 0 fully saturated rings. The van der Waals surface area contributed by atoms with Gasteiger partial charge in [0.05, 0.1) is 11.4 Å². The van der Waals surface area contributed by atoms with Gasteiger partial charge in [0.15, 0.2) is 11.5 Å². The zero-order valence-corrected chi connectivity index (χ0v) is 11.3. The van der Waals surface area contributed by atoms with Crippen LogP contribution < -0.4 is 10.1 Å². The number of aryl methyl sites for hydroxylation is 2. The SMILES string of the molecule is Cc1ccc2c(c1)Nc1cc(C)ccc1O2.O=P. The van der Waals surface area contributed by atoms with Crippen LogP contribution in [-0.2, 0) is 4.57 Å². The third-order valence-corrected chi connectivity index (χ3v) is 2.76. The second-order valence-corrected chi connectivity index (χ2v) is 4.23. The smallest absolute Gasteiger partial charge is 0.150 e. The van der Waals surface area contributed by atoms with Crippen LogP contribution in [0.4, 0.5) is 11.4 Å². The lowest BCUT2D eigenvalue weighted by molar-refractivity contribution is 0.481. The van der Waals surface area contributed by atoms with E-state index >= 15 is 0 Å². The van der Waals surface area contributed by atoms with Gasteiger partial charge in [-0.1, -0.05) is 12.1 Å². The minimum atomic E-state index is 0.891. The van der Waals surface area contributed by atoms with Gasteiger partial charge >= 0.3 is 0 Å². The summed E-state index contributed by atoms with van der Waals surface area (Å²) in [4.78, 5) is 0. The van der Waals surface area contributed by atoms with Gasteiger partial charge < -0.3 is 10.1 Å². The third-order valence-electron chi connectivity index (χ3n) is 2.76. The van der Waals surface area contributed by atoms with E-state index in [2.05, 4.69) is 43.4 Å². The van der Waals surface area contributed by atoms with Crippen molar-refractivity contribution in [1.29, 1.82) is 0 Å². The molecule has 0 saturated carbocycles. The minimum absolute atomic E-state index is 0.891. The highest BCUT2D eigenvalue weighted by molar-refractivity contribution is 7.00. The maximum absolute atomic E-state index is 8.06. The van der Waals surface area contributed by atoms with E-state index in [-0.39, 0.29) is 0 Å². The van der Waals surface area contributed by atoms with Crippen molar-refractivity contribution in [2.75, 3.05) is 5.32 Å². The van der Waals surface area contributed by atoms with E-state index in [1.807, 2.05) is 12.1 Å². The van der Waals surface area contributed by atoms with E-state index in [0.717, 1.165) is 22.9 Å². The van der Waals surface area contributed by atoms with E-state index in [0.29, 0.717) is 0 Å². The first kappa shape index (κ1) is 12.6. The highest BCUT2D eigenvalue weighted by Crippen LogP contribution is 2.42. The van der Waals surface area contributed by atoms with Gasteiger partial charge in [-0.05, 0) is 49.2 Å². The van der Waals surface area contributed by atoms with E-state index in [1.54, 1.807) is 9.12 Å². The van der Waals surface area contributed by atoms with Crippen LogP contribution >= 0.6 is 9.12 Å². The normalized spacial score (nSPS) is 11.0. The Labute approximate surface area is 108 Å². The van der Waals surface area contributed by atoms with Crippen LogP contribution in [0.3, 0.4) is 0 Å². The number of hydrogen-bond donors (Lipinski definition) is 1. The van der Waals surface area contributed by atoms with Gasteiger partial charge in [0.25, 0.3) is 0 Å². The zero-order valence-electron chi connectivity index (χ0n) is 10.3. The molecule has 4 heteroatoms. The number of ether oxygens (including phenoxy) is 1. The molecule has 1 heterocycles. The molecule has 1 N–H and O–H groups in total. The summed E-state index contributed by atoms with van der Waals surface area (Å²) in [6.45, 7) is 4.15. The second-order valence-electron chi connectivity index (χ2n) is 4.23. The number of hydrogen-bond acceptors (Lipinski definition) is 3. The first-order valence-electron chi connectivity index (χ1n) is 5.59. The van der Waals surface area contributed by atoms with Crippen LogP contribution in [0.25, 0.3) is 0 Å². The number of benzene rings is 2. The van der Waals surface area contributed by atoms with E-state index in [1.165, 1.54) is 11.1 Å². The van der Waals surface area contributed by atoms with Gasteiger partial charge in [0.1, 0.15) is 9.12 Å². The Kier molecular flexibility index (Phi) is 3.63. The maximum Gasteiger partial charge on any atom is 0.150 e. The number of anilines is 2. The Balaban J connectivity index is 0.000000574. The zero-order chi connectivity index (χ0) is 13.1. The van der Waals surface area contributed by atoms with Crippen molar-refractivity contribution in [2.24, 2.45) is 0 Å². The van der Waals surface area contributed by atoms with Crippen LogP contribution in [0.1, 0.15) is 11.1 Å². The summed E-state index contributed by atoms with van der Waals surface area (Å²) in [7, 11) is 1.72. The Morgan fingerprint density at radius 2 is 1.33 bits per heavy atom. The molecule has 92 valence electrons. The monoisotopic (exact) mass is 259 g/mol. The predicted molar refractivity (Wildman–Crippen MR) is 74.7 cm³/mol. The van der Waals surface area contributed by atoms with Crippen molar-refractivity contribution < 1.29 is 9.30 Å². The molecule has 0 bridgehead atoms. The first-order valence-corrected chi connectivity index (χ1v) is 6.00. The summed E-state index contributed by atoms with van der Waals surface area (Å²) in [6, 6.07) is 12.3. The molecule has 3 nitrogen and oxygen atoms in total. The van der Waals surface area contributed by atoms with Crippen molar-refractivity contribution in [3.8, 4) is 11.5 Å². The summed E-state index contributed by atoms with van der Waals surface area (Å²) in [5, 5.41) is 3.40. The molecule has 3 rings (SSSR count). The van der Waals surface area contributed by atoms with Gasteiger partial charge in [-0.2, -0.15) is 0 Å². The quantitative estimate of drug-likeness (QED) is 0.598. The topological polar surface area (TPSA) is 38.3 Å². The van der Waals surface area contributed by atoms with Crippen LogP contribution in [0.15, 0.2) is 36.4 Å². The first-order chi connectivity index (χ1) is 8.72. The Hall–Kier alpha value is -1.86. The lowest BCUT2D eigenvalue weighted by atomic mass is 10.1. The Morgan fingerprint density at radius 3 is 1.78 bits per heavy atom. The summed E-state index contributed by atoms with van der Waals surface area (Å²) in [6.07, 6.45) is 0. The predicted octanol–water partition coefficient (Wildman–Crippen LogP) is 4.63. The fourth-order valence-electron chi connectivity index (χ4n) is 1.92. The van der Waals surface area contributed by atoms with Gasteiger partial charge in [0, 0.05) is 0 Å². The lowest BCUT2D eigenvalue weighted by Crippen LogP contribution is -2.03.